The molecule has 1 fully saturated rings. The van der Waals surface area contributed by atoms with E-state index in [1.807, 2.05) is 0 Å². The van der Waals surface area contributed by atoms with Gasteiger partial charge in [0.2, 0.25) is 0 Å². The minimum atomic E-state index is -1.58. The lowest BCUT2D eigenvalue weighted by molar-refractivity contribution is -0.534. The lowest BCUT2D eigenvalue weighted by Gasteiger charge is -2.45. The molecular weight excluding hydrogens is 264 g/mol. The third-order valence-electron chi connectivity index (χ3n) is 3.63. The number of hydrogen-bond acceptors (Lipinski definition) is 6. The van der Waals surface area contributed by atoms with Crippen molar-refractivity contribution in [1.29, 1.82) is 0 Å². The molecule has 3 N–H and O–H groups in total. The highest BCUT2D eigenvalue weighted by atomic mass is 16.7. The van der Waals surface area contributed by atoms with Gasteiger partial charge in [0, 0.05) is 12.9 Å². The van der Waals surface area contributed by atoms with Crippen molar-refractivity contribution in [3.05, 3.63) is 0 Å². The molecule has 6 nitrogen and oxygen atoms in total. The summed E-state index contributed by atoms with van der Waals surface area (Å²) in [6.45, 7) is 2.03. The first-order chi connectivity index (χ1) is 9.61. The van der Waals surface area contributed by atoms with Gasteiger partial charge in [0.05, 0.1) is 12.7 Å². The van der Waals surface area contributed by atoms with Crippen LogP contribution >= 0.6 is 0 Å². The van der Waals surface area contributed by atoms with Crippen LogP contribution in [0, 0.1) is 0 Å². The molecule has 0 aromatic carbocycles. The maximum Gasteiger partial charge on any atom is 0.111 e. The number of ether oxygens (including phenoxy) is 2. The fraction of sp³-hybridized carbons (Fsp3) is 1.00. The Bertz CT molecular complexity index is 250. The van der Waals surface area contributed by atoms with E-state index in [4.69, 9.17) is 14.6 Å². The Balaban J connectivity index is 2.22. The second kappa shape index (κ2) is 9.65. The summed E-state index contributed by atoms with van der Waals surface area (Å²) in [7, 11) is 0. The molecular formula is C14H27O6-. The zero-order valence-electron chi connectivity index (χ0n) is 12.1. The quantitative estimate of drug-likeness (QED) is 0.496. The summed E-state index contributed by atoms with van der Waals surface area (Å²) in [4.78, 5) is 0. The minimum absolute atomic E-state index is 0.368. The van der Waals surface area contributed by atoms with Crippen molar-refractivity contribution in [3.8, 4) is 0 Å². The Hall–Kier alpha value is -0.240. The van der Waals surface area contributed by atoms with Crippen molar-refractivity contribution in [2.75, 3.05) is 13.2 Å². The Morgan fingerprint density at radius 1 is 1.05 bits per heavy atom. The highest BCUT2D eigenvalue weighted by molar-refractivity contribution is 4.88. The molecule has 1 saturated heterocycles. The molecule has 0 radical (unpaired) electrons. The predicted octanol–water partition coefficient (Wildman–Crippen LogP) is -0.469. The van der Waals surface area contributed by atoms with Crippen LogP contribution in [0.15, 0.2) is 0 Å². The average molecular weight is 291 g/mol. The normalized spacial score (nSPS) is 34.4. The highest BCUT2D eigenvalue weighted by Gasteiger charge is 2.40. The molecule has 0 spiro atoms. The molecule has 5 atom stereocenters. The molecule has 0 unspecified atom stereocenters. The van der Waals surface area contributed by atoms with Crippen LogP contribution in [0.1, 0.15) is 45.4 Å². The van der Waals surface area contributed by atoms with E-state index in [1.165, 1.54) is 19.3 Å². The van der Waals surface area contributed by atoms with Crippen LogP contribution in [-0.4, -0.2) is 59.2 Å². The van der Waals surface area contributed by atoms with Crippen LogP contribution in [0.25, 0.3) is 0 Å². The Morgan fingerprint density at radius 3 is 2.35 bits per heavy atom. The van der Waals surface area contributed by atoms with Gasteiger partial charge in [-0.05, 0) is 6.42 Å². The molecule has 0 aromatic heterocycles. The van der Waals surface area contributed by atoms with Gasteiger partial charge in [0.15, 0.2) is 0 Å². The summed E-state index contributed by atoms with van der Waals surface area (Å²) < 4.78 is 10.2. The predicted molar refractivity (Wildman–Crippen MR) is 70.9 cm³/mol. The zero-order chi connectivity index (χ0) is 15.0. The minimum Gasteiger partial charge on any atom is -0.829 e. The van der Waals surface area contributed by atoms with Crippen molar-refractivity contribution in [1.82, 2.24) is 0 Å². The maximum absolute atomic E-state index is 11.7. The molecule has 1 aliphatic heterocycles. The number of rotatable bonds is 9. The maximum atomic E-state index is 11.7. The third kappa shape index (κ3) is 5.27. The molecule has 1 heterocycles. The second-order valence-electron chi connectivity index (χ2n) is 5.31. The SMILES string of the molecule is CCCCCCCCO[C@@H]1[C@@H](O)[C@H](O)[C@@H](CO)O[C@H]1[O-]. The van der Waals surface area contributed by atoms with Crippen molar-refractivity contribution in [2.24, 2.45) is 0 Å². The van der Waals surface area contributed by atoms with Crippen LogP contribution in [-0.2, 0) is 9.47 Å². The van der Waals surface area contributed by atoms with Crippen LogP contribution in [0.4, 0.5) is 0 Å². The lowest BCUT2D eigenvalue weighted by Crippen LogP contribution is -2.63. The summed E-state index contributed by atoms with van der Waals surface area (Å²) in [5.41, 5.74) is 0. The topological polar surface area (TPSA) is 102 Å². The fourth-order valence-corrected chi connectivity index (χ4v) is 2.34. The van der Waals surface area contributed by atoms with Crippen LogP contribution in [0.3, 0.4) is 0 Å². The van der Waals surface area contributed by atoms with E-state index in [1.54, 1.807) is 0 Å². The first-order valence-electron chi connectivity index (χ1n) is 7.51. The van der Waals surface area contributed by atoms with E-state index < -0.39 is 37.3 Å². The van der Waals surface area contributed by atoms with E-state index in [2.05, 4.69) is 6.92 Å². The first-order valence-corrected chi connectivity index (χ1v) is 7.51. The van der Waals surface area contributed by atoms with Crippen LogP contribution < -0.4 is 5.11 Å². The molecule has 120 valence electrons. The molecule has 0 saturated carbocycles. The van der Waals surface area contributed by atoms with Crippen molar-refractivity contribution in [3.63, 3.8) is 0 Å². The Labute approximate surface area is 120 Å². The van der Waals surface area contributed by atoms with Gasteiger partial charge in [0.1, 0.15) is 18.3 Å². The highest BCUT2D eigenvalue weighted by Crippen LogP contribution is 2.21. The molecule has 1 rings (SSSR count). The van der Waals surface area contributed by atoms with Crippen molar-refractivity contribution < 1.29 is 29.9 Å². The number of aliphatic hydroxyl groups excluding tert-OH is 3. The van der Waals surface area contributed by atoms with Gasteiger partial charge in [0.25, 0.3) is 0 Å². The smallest absolute Gasteiger partial charge is 0.111 e. The molecule has 0 amide bonds. The van der Waals surface area contributed by atoms with Gasteiger partial charge in [-0.1, -0.05) is 39.0 Å². The Kier molecular flexibility index (Phi) is 8.60. The monoisotopic (exact) mass is 291 g/mol. The third-order valence-corrected chi connectivity index (χ3v) is 3.63. The van der Waals surface area contributed by atoms with Gasteiger partial charge in [-0.3, -0.25) is 0 Å². The molecule has 0 aromatic rings. The average Bonchev–Trinajstić information content (AvgIpc) is 2.45. The molecule has 6 heteroatoms. The lowest BCUT2D eigenvalue weighted by atomic mass is 9.99. The number of unbranched alkanes of at least 4 members (excludes halogenated alkanes) is 5. The van der Waals surface area contributed by atoms with Crippen LogP contribution in [0.2, 0.25) is 0 Å². The van der Waals surface area contributed by atoms with Gasteiger partial charge in [-0.2, -0.15) is 0 Å². The van der Waals surface area contributed by atoms with Gasteiger partial charge >= 0.3 is 0 Å². The molecule has 0 aliphatic carbocycles. The zero-order valence-corrected chi connectivity index (χ0v) is 12.1. The number of aliphatic hydroxyl groups is 3. The van der Waals surface area contributed by atoms with E-state index >= 15 is 0 Å². The van der Waals surface area contributed by atoms with Gasteiger partial charge in [-0.15, -0.1) is 0 Å². The Morgan fingerprint density at radius 2 is 1.70 bits per heavy atom. The van der Waals surface area contributed by atoms with E-state index in [0.717, 1.165) is 19.3 Å². The summed E-state index contributed by atoms with van der Waals surface area (Å²) in [5, 5.41) is 40.1. The van der Waals surface area contributed by atoms with Crippen molar-refractivity contribution in [2.45, 2.75) is 76.2 Å². The van der Waals surface area contributed by atoms with Crippen LogP contribution in [0.5, 0.6) is 0 Å². The van der Waals surface area contributed by atoms with Gasteiger partial charge in [-0.25, -0.2) is 0 Å². The fourth-order valence-electron chi connectivity index (χ4n) is 2.34. The second-order valence-corrected chi connectivity index (χ2v) is 5.31. The standard InChI is InChI=1S/C14H27O6/c1-2-3-4-5-6-7-8-19-13-12(17)11(16)10(9-15)20-14(13)18/h10-17H,2-9H2,1H3/q-1/t10-,11-,12+,13-,14-/m1/s1. The summed E-state index contributed by atoms with van der Waals surface area (Å²) in [6, 6.07) is 0. The largest absolute Gasteiger partial charge is 0.829 e. The first kappa shape index (κ1) is 17.8. The van der Waals surface area contributed by atoms with E-state index in [0.29, 0.717) is 6.61 Å². The molecule has 1 aliphatic rings. The number of hydrogen-bond donors (Lipinski definition) is 3. The summed E-state index contributed by atoms with van der Waals surface area (Å²) in [6.07, 6.45) is 0.300. The van der Waals surface area contributed by atoms with E-state index in [9.17, 15) is 15.3 Å². The summed E-state index contributed by atoms with van der Waals surface area (Å²) in [5.74, 6) is 0. The van der Waals surface area contributed by atoms with E-state index in [-0.39, 0.29) is 0 Å². The van der Waals surface area contributed by atoms with Gasteiger partial charge < -0.3 is 29.9 Å². The summed E-state index contributed by atoms with van der Waals surface area (Å²) >= 11 is 0. The molecule has 0 bridgehead atoms. The molecule has 20 heavy (non-hydrogen) atoms. The van der Waals surface area contributed by atoms with Crippen molar-refractivity contribution >= 4 is 0 Å².